The van der Waals surface area contributed by atoms with Gasteiger partial charge in [-0.25, -0.2) is 19.2 Å². The number of H-pyrrole nitrogens is 1. The maximum atomic E-state index is 13.8. The van der Waals surface area contributed by atoms with E-state index in [1.165, 1.54) is 11.2 Å². The first-order valence-electron chi connectivity index (χ1n) is 9.71. The highest BCUT2D eigenvalue weighted by molar-refractivity contribution is 5.99. The molecule has 9 heteroatoms. The highest BCUT2D eigenvalue weighted by atomic mass is 19.1. The quantitative estimate of drug-likeness (QED) is 0.820. The number of hydrogen-bond donors (Lipinski definition) is 2. The molecule has 8 nitrogen and oxygen atoms in total. The van der Waals surface area contributed by atoms with Gasteiger partial charge in [-0.05, 0) is 11.8 Å². The van der Waals surface area contributed by atoms with Gasteiger partial charge in [-0.15, -0.1) is 0 Å². The fourth-order valence-corrected chi connectivity index (χ4v) is 4.30. The molecule has 2 aromatic heterocycles. The maximum Gasteiger partial charge on any atom is 0.407 e. The van der Waals surface area contributed by atoms with E-state index < -0.39 is 12.3 Å². The molecule has 4 heterocycles. The van der Waals surface area contributed by atoms with E-state index in [1.807, 2.05) is 11.1 Å². The van der Waals surface area contributed by atoms with Crippen LogP contribution in [0.5, 0.6) is 0 Å². The SMILES string of the molecule is CC(C)(C)[C@H]1CN(c2ncnc3[nH]cc(N4CCC(F)C4)c23)CCN1C(=O)O. The molecular weight excluding hydrogens is 363 g/mol. The van der Waals surface area contributed by atoms with Crippen LogP contribution in [0.25, 0.3) is 11.0 Å². The lowest BCUT2D eigenvalue weighted by atomic mass is 9.84. The van der Waals surface area contributed by atoms with Crippen LogP contribution in [0.2, 0.25) is 0 Å². The van der Waals surface area contributed by atoms with Crippen LogP contribution in [0, 0.1) is 5.41 Å². The van der Waals surface area contributed by atoms with E-state index in [0.29, 0.717) is 39.1 Å². The number of carboxylic acid groups (broad SMARTS) is 1. The standard InChI is InChI=1S/C19H27FN6O2/c1-19(2,3)14-10-25(6-7-26(14)18(27)28)17-15-13(24-5-4-12(20)9-24)8-21-16(15)22-11-23-17/h8,11-12,14H,4-7,9-10H2,1-3H3,(H,27,28)(H,21,22,23)/t12?,14-/m1/s1. The predicted molar refractivity (Wildman–Crippen MR) is 106 cm³/mol. The van der Waals surface area contributed by atoms with Crippen molar-refractivity contribution in [1.82, 2.24) is 19.9 Å². The van der Waals surface area contributed by atoms with Crippen LogP contribution in [0.3, 0.4) is 0 Å². The third kappa shape index (κ3) is 3.22. The molecule has 1 amide bonds. The van der Waals surface area contributed by atoms with Crippen molar-refractivity contribution in [3.8, 4) is 0 Å². The molecular formula is C19H27FN6O2. The van der Waals surface area contributed by atoms with Gasteiger partial charge >= 0.3 is 6.09 Å². The van der Waals surface area contributed by atoms with Gasteiger partial charge in [0.2, 0.25) is 0 Å². The van der Waals surface area contributed by atoms with Gasteiger partial charge in [0.15, 0.2) is 0 Å². The van der Waals surface area contributed by atoms with Crippen molar-refractivity contribution in [2.45, 2.75) is 39.4 Å². The summed E-state index contributed by atoms with van der Waals surface area (Å²) in [5.74, 6) is 0.780. The maximum absolute atomic E-state index is 13.8. The molecule has 2 aromatic rings. The first-order valence-corrected chi connectivity index (χ1v) is 9.71. The van der Waals surface area contributed by atoms with Crippen LogP contribution in [-0.4, -0.2) is 76.0 Å². The summed E-state index contributed by atoms with van der Waals surface area (Å²) in [6.45, 7) is 8.73. The van der Waals surface area contributed by atoms with E-state index in [-0.39, 0.29) is 11.5 Å². The number of anilines is 2. The second kappa shape index (κ2) is 6.79. The molecule has 0 spiro atoms. The number of alkyl halides is 1. The Kier molecular flexibility index (Phi) is 4.55. The number of aromatic nitrogens is 3. The third-order valence-corrected chi connectivity index (χ3v) is 5.83. The molecule has 2 aliphatic rings. The molecule has 2 atom stereocenters. The van der Waals surface area contributed by atoms with E-state index in [0.717, 1.165) is 22.5 Å². The van der Waals surface area contributed by atoms with Crippen molar-refractivity contribution < 1.29 is 14.3 Å². The van der Waals surface area contributed by atoms with Gasteiger partial charge in [0.1, 0.15) is 24.0 Å². The molecule has 152 valence electrons. The Hall–Kier alpha value is -2.58. The predicted octanol–water partition coefficient (Wildman–Crippen LogP) is 2.72. The van der Waals surface area contributed by atoms with E-state index in [1.54, 1.807) is 0 Å². The van der Waals surface area contributed by atoms with Gasteiger partial charge in [0.25, 0.3) is 0 Å². The Morgan fingerprint density at radius 3 is 2.64 bits per heavy atom. The van der Waals surface area contributed by atoms with Crippen LogP contribution in [0.1, 0.15) is 27.2 Å². The Morgan fingerprint density at radius 2 is 2.00 bits per heavy atom. The lowest BCUT2D eigenvalue weighted by Crippen LogP contribution is -2.59. The number of halogens is 1. The van der Waals surface area contributed by atoms with Crippen molar-refractivity contribution in [2.24, 2.45) is 5.41 Å². The van der Waals surface area contributed by atoms with Crippen molar-refractivity contribution in [3.63, 3.8) is 0 Å². The van der Waals surface area contributed by atoms with Crippen LogP contribution >= 0.6 is 0 Å². The number of nitrogens with one attached hydrogen (secondary N) is 1. The van der Waals surface area contributed by atoms with E-state index >= 15 is 0 Å². The Morgan fingerprint density at radius 1 is 1.21 bits per heavy atom. The largest absolute Gasteiger partial charge is 0.465 e. The van der Waals surface area contributed by atoms with Gasteiger partial charge < -0.3 is 24.8 Å². The first-order chi connectivity index (χ1) is 13.3. The number of nitrogens with zero attached hydrogens (tertiary/aromatic N) is 5. The molecule has 0 aromatic carbocycles. The van der Waals surface area contributed by atoms with E-state index in [9.17, 15) is 14.3 Å². The Labute approximate surface area is 163 Å². The molecule has 1 unspecified atom stereocenters. The molecule has 0 radical (unpaired) electrons. The van der Waals surface area contributed by atoms with Gasteiger partial charge in [-0.2, -0.15) is 0 Å². The van der Waals surface area contributed by atoms with E-state index in [2.05, 4.69) is 40.6 Å². The molecule has 2 N–H and O–H groups in total. The van der Waals surface area contributed by atoms with Gasteiger partial charge in [0.05, 0.1) is 17.1 Å². The van der Waals surface area contributed by atoms with Crippen molar-refractivity contribution in [1.29, 1.82) is 0 Å². The minimum absolute atomic E-state index is 0.159. The summed E-state index contributed by atoms with van der Waals surface area (Å²) in [6, 6.07) is -0.159. The van der Waals surface area contributed by atoms with E-state index in [4.69, 9.17) is 0 Å². The second-order valence-corrected chi connectivity index (χ2v) is 8.73. The summed E-state index contributed by atoms with van der Waals surface area (Å²) >= 11 is 0. The average Bonchev–Trinajstić information content (AvgIpc) is 3.26. The highest BCUT2D eigenvalue weighted by Crippen LogP contribution is 2.37. The first kappa shape index (κ1) is 18.8. The summed E-state index contributed by atoms with van der Waals surface area (Å²) in [7, 11) is 0. The smallest absolute Gasteiger partial charge is 0.407 e. The minimum atomic E-state index is -0.888. The van der Waals surface area contributed by atoms with Crippen LogP contribution < -0.4 is 9.80 Å². The molecule has 0 bridgehead atoms. The summed E-state index contributed by atoms with van der Waals surface area (Å²) in [6.07, 6.45) is 2.22. The van der Waals surface area contributed by atoms with Crippen molar-refractivity contribution in [3.05, 3.63) is 12.5 Å². The number of amides is 1. The highest BCUT2D eigenvalue weighted by Gasteiger charge is 2.39. The fraction of sp³-hybridized carbons (Fsp3) is 0.632. The average molecular weight is 390 g/mol. The Bertz CT molecular complexity index is 879. The molecule has 28 heavy (non-hydrogen) atoms. The lowest BCUT2D eigenvalue weighted by Gasteiger charge is -2.46. The molecule has 4 rings (SSSR count). The number of hydrogen-bond acceptors (Lipinski definition) is 5. The molecule has 2 saturated heterocycles. The zero-order chi connectivity index (χ0) is 20.1. The minimum Gasteiger partial charge on any atom is -0.465 e. The Balaban J connectivity index is 1.71. The van der Waals surface area contributed by atoms with Gasteiger partial charge in [-0.1, -0.05) is 20.8 Å². The van der Waals surface area contributed by atoms with Crippen LogP contribution in [0.15, 0.2) is 12.5 Å². The fourth-order valence-electron chi connectivity index (χ4n) is 4.30. The second-order valence-electron chi connectivity index (χ2n) is 8.73. The summed E-state index contributed by atoms with van der Waals surface area (Å²) < 4.78 is 13.8. The number of piperazine rings is 1. The van der Waals surface area contributed by atoms with Crippen LogP contribution in [-0.2, 0) is 0 Å². The monoisotopic (exact) mass is 390 g/mol. The zero-order valence-corrected chi connectivity index (χ0v) is 16.5. The van der Waals surface area contributed by atoms with Crippen LogP contribution in [0.4, 0.5) is 20.7 Å². The lowest BCUT2D eigenvalue weighted by molar-refractivity contribution is 0.0747. The molecule has 0 saturated carbocycles. The molecule has 2 aliphatic heterocycles. The van der Waals surface area contributed by atoms with Crippen molar-refractivity contribution in [2.75, 3.05) is 42.5 Å². The number of rotatable bonds is 2. The summed E-state index contributed by atoms with van der Waals surface area (Å²) in [5.41, 5.74) is 1.43. The number of fused-ring (bicyclic) bond motifs is 1. The zero-order valence-electron chi connectivity index (χ0n) is 16.5. The van der Waals surface area contributed by atoms with Gasteiger partial charge in [0, 0.05) is 38.9 Å². The topological polar surface area (TPSA) is 88.6 Å². The summed E-state index contributed by atoms with van der Waals surface area (Å²) in [5, 5.41) is 10.5. The number of aromatic amines is 1. The summed E-state index contributed by atoms with van der Waals surface area (Å²) in [4.78, 5) is 29.5. The molecule has 2 fully saturated rings. The molecule has 0 aliphatic carbocycles. The normalized spacial score (nSPS) is 23.6. The third-order valence-electron chi connectivity index (χ3n) is 5.83. The van der Waals surface area contributed by atoms with Gasteiger partial charge in [-0.3, -0.25) is 0 Å². The number of carbonyl (C=O) groups is 1. The van der Waals surface area contributed by atoms with Crippen molar-refractivity contribution >= 4 is 28.6 Å².